The van der Waals surface area contributed by atoms with Crippen molar-refractivity contribution in [2.24, 2.45) is 0 Å². The highest BCUT2D eigenvalue weighted by atomic mass is 32.2. The number of nitriles is 1. The van der Waals surface area contributed by atoms with Gasteiger partial charge in [0.15, 0.2) is 0 Å². The van der Waals surface area contributed by atoms with Crippen LogP contribution in [0.4, 0.5) is 0 Å². The summed E-state index contributed by atoms with van der Waals surface area (Å²) in [5.41, 5.74) is -0.402. The molecular weight excluding hydrogens is 248 g/mol. The molecule has 0 saturated carbocycles. The van der Waals surface area contributed by atoms with Crippen LogP contribution in [-0.4, -0.2) is 28.0 Å². The monoisotopic (exact) mass is 268 g/mol. The maximum absolute atomic E-state index is 9.10. The molecule has 0 fully saturated rings. The van der Waals surface area contributed by atoms with E-state index in [1.165, 1.54) is 0 Å². The molecule has 5 nitrogen and oxygen atoms in total. The summed E-state index contributed by atoms with van der Waals surface area (Å²) in [6, 6.07) is 2.33. The molecule has 1 rings (SSSR count). The SMILES string of the molecule is CCNC(C)(C#N)CCCCSc1nnc(C)o1. The Balaban J connectivity index is 2.17. The second-order valence-corrected chi connectivity index (χ2v) is 5.41. The van der Waals surface area contributed by atoms with Gasteiger partial charge in [0.25, 0.3) is 5.22 Å². The molecule has 1 N–H and O–H groups in total. The Morgan fingerprint density at radius 3 is 2.78 bits per heavy atom. The first kappa shape index (κ1) is 15.0. The molecule has 0 saturated heterocycles. The Hall–Kier alpha value is -1.06. The van der Waals surface area contributed by atoms with Gasteiger partial charge in [0.2, 0.25) is 5.89 Å². The van der Waals surface area contributed by atoms with Gasteiger partial charge in [-0.1, -0.05) is 18.7 Å². The molecule has 6 heteroatoms. The van der Waals surface area contributed by atoms with Gasteiger partial charge in [0.1, 0.15) is 5.54 Å². The highest BCUT2D eigenvalue weighted by Gasteiger charge is 2.21. The first-order valence-electron chi connectivity index (χ1n) is 6.19. The van der Waals surface area contributed by atoms with Gasteiger partial charge < -0.3 is 4.42 Å². The van der Waals surface area contributed by atoms with E-state index in [2.05, 4.69) is 21.6 Å². The van der Waals surface area contributed by atoms with E-state index in [9.17, 15) is 0 Å². The van der Waals surface area contributed by atoms with Crippen LogP contribution in [0.25, 0.3) is 0 Å². The molecule has 18 heavy (non-hydrogen) atoms. The summed E-state index contributed by atoms with van der Waals surface area (Å²) in [7, 11) is 0. The standard InChI is InChI=1S/C12H20N4OS/c1-4-14-12(3,9-13)7-5-6-8-18-11-16-15-10(2)17-11/h14H,4-8H2,1-3H3. The van der Waals surface area contributed by atoms with Crippen molar-refractivity contribution in [1.29, 1.82) is 5.26 Å². The van der Waals surface area contributed by atoms with Gasteiger partial charge in [-0.05, 0) is 32.7 Å². The van der Waals surface area contributed by atoms with Gasteiger partial charge in [-0.15, -0.1) is 10.2 Å². The number of nitrogens with zero attached hydrogens (tertiary/aromatic N) is 3. The Morgan fingerprint density at radius 1 is 1.44 bits per heavy atom. The molecule has 0 aliphatic carbocycles. The number of aryl methyl sites for hydroxylation is 1. The lowest BCUT2D eigenvalue weighted by Crippen LogP contribution is -2.40. The molecule has 0 amide bonds. The maximum Gasteiger partial charge on any atom is 0.276 e. The van der Waals surface area contributed by atoms with Crippen LogP contribution in [0.5, 0.6) is 0 Å². The molecule has 0 aromatic carbocycles. The van der Waals surface area contributed by atoms with Crippen molar-refractivity contribution < 1.29 is 4.42 Å². The highest BCUT2D eigenvalue weighted by Crippen LogP contribution is 2.19. The summed E-state index contributed by atoms with van der Waals surface area (Å²) in [6.07, 6.45) is 2.91. The van der Waals surface area contributed by atoms with Crippen LogP contribution in [-0.2, 0) is 0 Å². The van der Waals surface area contributed by atoms with Crippen LogP contribution in [0, 0.1) is 18.3 Å². The molecule has 0 spiro atoms. The third-order valence-corrected chi connectivity index (χ3v) is 3.52. The predicted octanol–water partition coefficient (Wildman–Crippen LogP) is 2.53. The van der Waals surface area contributed by atoms with Crippen LogP contribution >= 0.6 is 11.8 Å². The van der Waals surface area contributed by atoms with E-state index in [1.54, 1.807) is 18.7 Å². The fourth-order valence-corrected chi connectivity index (χ4v) is 2.45. The second kappa shape index (κ2) is 7.39. The summed E-state index contributed by atoms with van der Waals surface area (Å²) in [5, 5.41) is 20.6. The Kier molecular flexibility index (Phi) is 6.16. The van der Waals surface area contributed by atoms with Crippen molar-refractivity contribution in [3.63, 3.8) is 0 Å². The lowest BCUT2D eigenvalue weighted by Gasteiger charge is -2.22. The third-order valence-electron chi connectivity index (χ3n) is 2.62. The first-order chi connectivity index (χ1) is 8.59. The maximum atomic E-state index is 9.10. The summed E-state index contributed by atoms with van der Waals surface area (Å²) < 4.78 is 5.27. The second-order valence-electron chi connectivity index (χ2n) is 4.37. The zero-order valence-electron chi connectivity index (χ0n) is 11.2. The van der Waals surface area contributed by atoms with Gasteiger partial charge in [-0.2, -0.15) is 5.26 Å². The quantitative estimate of drug-likeness (QED) is 0.577. The van der Waals surface area contributed by atoms with E-state index in [0.717, 1.165) is 31.6 Å². The number of rotatable bonds is 8. The molecule has 0 aliphatic rings. The molecule has 1 atom stereocenters. The van der Waals surface area contributed by atoms with E-state index in [4.69, 9.17) is 9.68 Å². The minimum absolute atomic E-state index is 0.402. The molecule has 0 aliphatic heterocycles. The molecule has 1 unspecified atom stereocenters. The predicted molar refractivity (Wildman–Crippen MR) is 71.3 cm³/mol. The Bertz CT molecular complexity index is 401. The topological polar surface area (TPSA) is 74.7 Å². The average molecular weight is 268 g/mol. The summed E-state index contributed by atoms with van der Waals surface area (Å²) in [6.45, 7) is 6.57. The number of hydrogen-bond acceptors (Lipinski definition) is 6. The van der Waals surface area contributed by atoms with Gasteiger partial charge >= 0.3 is 0 Å². The molecule has 0 radical (unpaired) electrons. The lowest BCUT2D eigenvalue weighted by atomic mass is 9.97. The lowest BCUT2D eigenvalue weighted by molar-refractivity contribution is 0.414. The van der Waals surface area contributed by atoms with Crippen LogP contribution < -0.4 is 5.32 Å². The normalized spacial score (nSPS) is 14.1. The average Bonchev–Trinajstić information content (AvgIpc) is 2.75. The zero-order valence-corrected chi connectivity index (χ0v) is 12.0. The number of hydrogen-bond donors (Lipinski definition) is 1. The van der Waals surface area contributed by atoms with Crippen molar-refractivity contribution in [1.82, 2.24) is 15.5 Å². The van der Waals surface area contributed by atoms with Crippen molar-refractivity contribution in [2.45, 2.75) is 50.8 Å². The van der Waals surface area contributed by atoms with Crippen LogP contribution in [0.1, 0.15) is 39.0 Å². The van der Waals surface area contributed by atoms with E-state index in [1.807, 2.05) is 13.8 Å². The summed E-state index contributed by atoms with van der Waals surface area (Å²) in [4.78, 5) is 0. The van der Waals surface area contributed by atoms with Gasteiger partial charge in [0, 0.05) is 12.7 Å². The fourth-order valence-electron chi connectivity index (χ4n) is 1.65. The van der Waals surface area contributed by atoms with Gasteiger partial charge in [0.05, 0.1) is 6.07 Å². The largest absolute Gasteiger partial charge is 0.416 e. The molecule has 1 aromatic heterocycles. The molecule has 0 bridgehead atoms. The smallest absolute Gasteiger partial charge is 0.276 e. The van der Waals surface area contributed by atoms with E-state index >= 15 is 0 Å². The van der Waals surface area contributed by atoms with Crippen LogP contribution in [0.2, 0.25) is 0 Å². The third kappa shape index (κ3) is 5.07. The Labute approximate surface area is 112 Å². The van der Waals surface area contributed by atoms with Crippen LogP contribution in [0.3, 0.4) is 0 Å². The minimum Gasteiger partial charge on any atom is -0.416 e. The molecule has 100 valence electrons. The van der Waals surface area contributed by atoms with E-state index < -0.39 is 5.54 Å². The minimum atomic E-state index is -0.402. The molecule has 1 aromatic rings. The van der Waals surface area contributed by atoms with Gasteiger partial charge in [-0.25, -0.2) is 0 Å². The van der Waals surface area contributed by atoms with Crippen LogP contribution in [0.15, 0.2) is 9.64 Å². The first-order valence-corrected chi connectivity index (χ1v) is 7.17. The number of nitrogens with one attached hydrogen (secondary N) is 1. The summed E-state index contributed by atoms with van der Waals surface area (Å²) >= 11 is 1.57. The highest BCUT2D eigenvalue weighted by molar-refractivity contribution is 7.99. The molecule has 1 heterocycles. The van der Waals surface area contributed by atoms with E-state index in [-0.39, 0.29) is 0 Å². The van der Waals surface area contributed by atoms with E-state index in [0.29, 0.717) is 11.1 Å². The fraction of sp³-hybridized carbons (Fsp3) is 0.750. The number of aromatic nitrogens is 2. The number of unbranched alkanes of at least 4 members (excludes halogenated alkanes) is 1. The molecular formula is C12H20N4OS. The van der Waals surface area contributed by atoms with Crippen molar-refractivity contribution in [3.8, 4) is 6.07 Å². The van der Waals surface area contributed by atoms with Gasteiger partial charge in [-0.3, -0.25) is 5.32 Å². The van der Waals surface area contributed by atoms with Crippen molar-refractivity contribution in [3.05, 3.63) is 5.89 Å². The van der Waals surface area contributed by atoms with Crippen molar-refractivity contribution in [2.75, 3.05) is 12.3 Å². The zero-order chi connectivity index (χ0) is 13.4. The summed E-state index contributed by atoms with van der Waals surface area (Å²) in [5.74, 6) is 1.54. The Morgan fingerprint density at radius 2 is 2.22 bits per heavy atom. The number of thioether (sulfide) groups is 1. The van der Waals surface area contributed by atoms with Crippen molar-refractivity contribution >= 4 is 11.8 Å².